The maximum absolute atomic E-state index is 12.2. The molecule has 8 heteroatoms. The van der Waals surface area contributed by atoms with E-state index >= 15 is 0 Å². The number of hydrazone groups is 1. The number of anilines is 1. The topological polar surface area (TPSA) is 72.0 Å². The Hall–Kier alpha value is -3.48. The Bertz CT molecular complexity index is 1210. The van der Waals surface area contributed by atoms with Gasteiger partial charge in [-0.3, -0.25) is 0 Å². The van der Waals surface area contributed by atoms with E-state index in [2.05, 4.69) is 22.4 Å². The van der Waals surface area contributed by atoms with E-state index in [-0.39, 0.29) is 6.61 Å². The molecule has 0 unspecified atom stereocenters. The zero-order valence-electron chi connectivity index (χ0n) is 18.9. The second-order valence-electron chi connectivity index (χ2n) is 7.37. The van der Waals surface area contributed by atoms with Crippen molar-refractivity contribution in [3.63, 3.8) is 0 Å². The second-order valence-corrected chi connectivity index (χ2v) is 8.21. The molecule has 3 rings (SSSR count). The van der Waals surface area contributed by atoms with E-state index in [4.69, 9.17) is 32.7 Å². The molecule has 0 bridgehead atoms. The molecule has 0 fully saturated rings. The molecular weight excluding hydrogens is 473 g/mol. The zero-order chi connectivity index (χ0) is 24.5. The molecule has 0 aromatic heterocycles. The predicted octanol–water partition coefficient (Wildman–Crippen LogP) is 6.77. The van der Waals surface area contributed by atoms with Crippen LogP contribution in [-0.2, 0) is 13.0 Å². The van der Waals surface area contributed by atoms with Gasteiger partial charge in [0.2, 0.25) is 0 Å². The highest BCUT2D eigenvalue weighted by molar-refractivity contribution is 6.35. The number of carbonyl (C=O) groups excluding carboxylic acids is 1. The van der Waals surface area contributed by atoms with E-state index in [0.29, 0.717) is 33.7 Å². The van der Waals surface area contributed by atoms with Crippen LogP contribution in [0.3, 0.4) is 0 Å². The molecule has 0 aliphatic carbocycles. The number of ether oxygens (including phenoxy) is 2. The van der Waals surface area contributed by atoms with Crippen molar-refractivity contribution in [2.45, 2.75) is 20.0 Å². The van der Waals surface area contributed by atoms with Gasteiger partial charge in [0.1, 0.15) is 6.61 Å². The van der Waals surface area contributed by atoms with Crippen LogP contribution < -0.4 is 20.2 Å². The molecule has 0 atom stereocenters. The number of allylic oxidation sites excluding steroid dienone is 1. The molecule has 2 N–H and O–H groups in total. The minimum atomic E-state index is -0.441. The van der Waals surface area contributed by atoms with Crippen LogP contribution in [0, 0.1) is 6.92 Å². The second kappa shape index (κ2) is 12.1. The van der Waals surface area contributed by atoms with Gasteiger partial charge in [-0.25, -0.2) is 10.2 Å². The number of rotatable bonds is 9. The Morgan fingerprint density at radius 2 is 1.91 bits per heavy atom. The molecule has 34 heavy (non-hydrogen) atoms. The number of urea groups is 1. The minimum Gasteiger partial charge on any atom is -0.493 e. The lowest BCUT2D eigenvalue weighted by Gasteiger charge is -2.16. The lowest BCUT2D eigenvalue weighted by atomic mass is 10.1. The van der Waals surface area contributed by atoms with Crippen LogP contribution in [0.25, 0.3) is 0 Å². The number of carbonyl (C=O) groups is 1. The Kier molecular flexibility index (Phi) is 8.96. The van der Waals surface area contributed by atoms with Gasteiger partial charge in [0.25, 0.3) is 0 Å². The molecule has 0 aliphatic rings. The summed E-state index contributed by atoms with van der Waals surface area (Å²) in [5.41, 5.74) is 6.51. The highest BCUT2D eigenvalue weighted by atomic mass is 35.5. The SMILES string of the molecule is C=CCc1cc(C=NNC(=O)Nc2ccccc2C)cc(OC)c1OCc1ccc(Cl)cc1Cl. The summed E-state index contributed by atoms with van der Waals surface area (Å²) in [5, 5.41) is 7.89. The number of aryl methyl sites for hydroxylation is 1. The van der Waals surface area contributed by atoms with Crippen LogP contribution in [0.4, 0.5) is 10.5 Å². The summed E-state index contributed by atoms with van der Waals surface area (Å²) in [6.07, 6.45) is 3.85. The number of nitrogens with zero attached hydrogens (tertiary/aromatic N) is 1. The number of hydrogen-bond acceptors (Lipinski definition) is 4. The highest BCUT2D eigenvalue weighted by Gasteiger charge is 2.14. The summed E-state index contributed by atoms with van der Waals surface area (Å²) in [6.45, 7) is 5.98. The molecule has 3 aromatic carbocycles. The van der Waals surface area contributed by atoms with Crippen molar-refractivity contribution in [3.05, 3.63) is 99.6 Å². The number of halogens is 2. The molecule has 3 aromatic rings. The first kappa shape index (κ1) is 25.1. The molecule has 0 saturated heterocycles. The van der Waals surface area contributed by atoms with Gasteiger partial charge in [-0.2, -0.15) is 5.10 Å². The summed E-state index contributed by atoms with van der Waals surface area (Å²) < 4.78 is 11.6. The fourth-order valence-electron chi connectivity index (χ4n) is 3.20. The van der Waals surface area contributed by atoms with E-state index in [9.17, 15) is 4.79 Å². The molecular formula is C26H25Cl2N3O3. The summed E-state index contributed by atoms with van der Waals surface area (Å²) in [6, 6.07) is 16.0. The van der Waals surface area contributed by atoms with E-state index < -0.39 is 6.03 Å². The normalized spacial score (nSPS) is 10.7. The quantitative estimate of drug-likeness (QED) is 0.194. The molecule has 6 nitrogen and oxygen atoms in total. The average molecular weight is 498 g/mol. The Morgan fingerprint density at radius 1 is 1.12 bits per heavy atom. The van der Waals surface area contributed by atoms with Gasteiger partial charge < -0.3 is 14.8 Å². The number of nitrogens with one attached hydrogen (secondary N) is 2. The fourth-order valence-corrected chi connectivity index (χ4v) is 3.66. The molecule has 176 valence electrons. The van der Waals surface area contributed by atoms with E-state index in [1.807, 2.05) is 43.3 Å². The average Bonchev–Trinajstić information content (AvgIpc) is 2.81. The Labute approximate surface area is 209 Å². The van der Waals surface area contributed by atoms with Crippen LogP contribution >= 0.6 is 23.2 Å². The van der Waals surface area contributed by atoms with E-state index in [1.54, 1.807) is 31.4 Å². The zero-order valence-corrected chi connectivity index (χ0v) is 20.4. The molecule has 0 aliphatic heterocycles. The van der Waals surface area contributed by atoms with Gasteiger partial charge >= 0.3 is 6.03 Å². The van der Waals surface area contributed by atoms with Crippen molar-refractivity contribution in [1.29, 1.82) is 0 Å². The van der Waals surface area contributed by atoms with E-state index in [1.165, 1.54) is 6.21 Å². The third-order valence-corrected chi connectivity index (χ3v) is 5.49. The van der Waals surface area contributed by atoms with Crippen molar-refractivity contribution < 1.29 is 14.3 Å². The number of methoxy groups -OCH3 is 1. The summed E-state index contributed by atoms with van der Waals surface area (Å²) >= 11 is 12.2. The van der Waals surface area contributed by atoms with Crippen LogP contribution in [0.5, 0.6) is 11.5 Å². The van der Waals surface area contributed by atoms with Crippen molar-refractivity contribution in [2.75, 3.05) is 12.4 Å². The third kappa shape index (κ3) is 6.76. The molecule has 0 saturated carbocycles. The fraction of sp³-hybridized carbons (Fsp3) is 0.154. The monoisotopic (exact) mass is 497 g/mol. The highest BCUT2D eigenvalue weighted by Crippen LogP contribution is 2.34. The van der Waals surface area contributed by atoms with Crippen molar-refractivity contribution in [2.24, 2.45) is 5.10 Å². The first-order valence-electron chi connectivity index (χ1n) is 10.5. The van der Waals surface area contributed by atoms with Gasteiger partial charge in [-0.15, -0.1) is 6.58 Å². The lowest BCUT2D eigenvalue weighted by Crippen LogP contribution is -2.24. The van der Waals surface area contributed by atoms with Crippen LogP contribution in [0.15, 0.2) is 72.4 Å². The van der Waals surface area contributed by atoms with Gasteiger partial charge in [0.15, 0.2) is 11.5 Å². The Morgan fingerprint density at radius 3 is 2.62 bits per heavy atom. The molecule has 0 spiro atoms. The van der Waals surface area contributed by atoms with Gasteiger partial charge in [-0.05, 0) is 54.8 Å². The number of para-hydroxylation sites is 1. The first-order valence-corrected chi connectivity index (χ1v) is 11.2. The van der Waals surface area contributed by atoms with Gasteiger partial charge in [0, 0.05) is 26.9 Å². The summed E-state index contributed by atoms with van der Waals surface area (Å²) in [5.74, 6) is 1.10. The Balaban J connectivity index is 1.74. The first-order chi connectivity index (χ1) is 16.4. The summed E-state index contributed by atoms with van der Waals surface area (Å²) in [4.78, 5) is 12.2. The maximum Gasteiger partial charge on any atom is 0.339 e. The van der Waals surface area contributed by atoms with Crippen molar-refractivity contribution in [1.82, 2.24) is 5.43 Å². The van der Waals surface area contributed by atoms with Crippen molar-refractivity contribution >= 4 is 41.1 Å². The summed E-state index contributed by atoms with van der Waals surface area (Å²) in [7, 11) is 1.56. The van der Waals surface area contributed by atoms with Crippen LogP contribution in [0.1, 0.15) is 22.3 Å². The van der Waals surface area contributed by atoms with Crippen molar-refractivity contribution in [3.8, 4) is 11.5 Å². The van der Waals surface area contributed by atoms with Gasteiger partial charge in [-0.1, -0.05) is 53.5 Å². The largest absolute Gasteiger partial charge is 0.493 e. The smallest absolute Gasteiger partial charge is 0.339 e. The van der Waals surface area contributed by atoms with Crippen LogP contribution in [0.2, 0.25) is 10.0 Å². The minimum absolute atomic E-state index is 0.241. The molecule has 0 heterocycles. The standard InChI is InChI=1S/C26H25Cl2N3O3/c1-4-7-19-12-18(15-29-31-26(32)30-23-9-6-5-8-17(23)2)13-24(33-3)25(19)34-16-20-10-11-21(27)14-22(20)28/h4-6,8-15H,1,7,16H2,2-3H3,(H2,30,31,32). The predicted molar refractivity (Wildman–Crippen MR) is 139 cm³/mol. The molecule has 0 radical (unpaired) electrons. The van der Waals surface area contributed by atoms with Gasteiger partial charge in [0.05, 0.1) is 13.3 Å². The van der Waals surface area contributed by atoms with Crippen LogP contribution in [-0.4, -0.2) is 19.4 Å². The lowest BCUT2D eigenvalue weighted by molar-refractivity contribution is 0.252. The number of hydrogen-bond donors (Lipinski definition) is 2. The number of benzene rings is 3. The maximum atomic E-state index is 12.2. The third-order valence-electron chi connectivity index (χ3n) is 4.90. The van der Waals surface area contributed by atoms with E-state index in [0.717, 1.165) is 22.3 Å². The number of amides is 2. The molecule has 2 amide bonds.